The number of amides is 2. The van der Waals surface area contributed by atoms with Gasteiger partial charge in [0, 0.05) is 32.1 Å². The predicted octanol–water partition coefficient (Wildman–Crippen LogP) is 2.44. The van der Waals surface area contributed by atoms with E-state index in [9.17, 15) is 14.7 Å². The predicted molar refractivity (Wildman–Crippen MR) is 117 cm³/mol. The van der Waals surface area contributed by atoms with Crippen LogP contribution in [0.2, 0.25) is 5.02 Å². The van der Waals surface area contributed by atoms with Crippen molar-refractivity contribution in [3.05, 3.63) is 22.7 Å². The van der Waals surface area contributed by atoms with Gasteiger partial charge >= 0.3 is 0 Å². The van der Waals surface area contributed by atoms with Crippen molar-refractivity contribution in [2.75, 3.05) is 26.8 Å². The molecule has 2 aliphatic heterocycles. The van der Waals surface area contributed by atoms with Gasteiger partial charge in [-0.05, 0) is 37.3 Å². The average Bonchev–Trinajstić information content (AvgIpc) is 3.35. The Bertz CT molecular complexity index is 885. The molecule has 4 rings (SSSR count). The van der Waals surface area contributed by atoms with Crippen LogP contribution in [0.5, 0.6) is 5.75 Å². The van der Waals surface area contributed by atoms with Crippen molar-refractivity contribution in [1.82, 2.24) is 15.1 Å². The summed E-state index contributed by atoms with van der Waals surface area (Å²) in [4.78, 5) is 32.4. The number of ether oxygens (including phenoxy) is 1. The number of nitrogens with one attached hydrogen (secondary N) is 1. The smallest absolute Gasteiger partial charge is 0.251 e. The summed E-state index contributed by atoms with van der Waals surface area (Å²) >= 11 is 6.37. The minimum Gasteiger partial charge on any atom is -0.492 e. The average molecular weight is 449 g/mol. The zero-order chi connectivity index (χ0) is 22.0. The Hall–Kier alpha value is -2.32. The molecule has 0 spiro atoms. The molecule has 1 aliphatic carbocycles. The van der Waals surface area contributed by atoms with Crippen LogP contribution in [0.4, 0.5) is 5.69 Å². The van der Waals surface area contributed by atoms with E-state index < -0.39 is 6.04 Å². The van der Waals surface area contributed by atoms with Gasteiger partial charge in [0.1, 0.15) is 11.8 Å². The van der Waals surface area contributed by atoms with Crippen LogP contribution >= 0.6 is 11.6 Å². The first-order valence-corrected chi connectivity index (χ1v) is 11.3. The van der Waals surface area contributed by atoms with E-state index in [4.69, 9.17) is 16.3 Å². The normalized spacial score (nSPS) is 20.2. The van der Waals surface area contributed by atoms with Crippen molar-refractivity contribution in [1.29, 1.82) is 0 Å². The van der Waals surface area contributed by atoms with Crippen molar-refractivity contribution in [2.45, 2.75) is 51.1 Å². The maximum absolute atomic E-state index is 12.4. The van der Waals surface area contributed by atoms with Gasteiger partial charge in [-0.15, -0.1) is 0 Å². The Balaban J connectivity index is 1.30. The quantitative estimate of drug-likeness (QED) is 0.596. The monoisotopic (exact) mass is 448 g/mol. The Kier molecular flexibility index (Phi) is 6.67. The van der Waals surface area contributed by atoms with Crippen LogP contribution in [-0.2, 0) is 16.1 Å². The second-order valence-electron chi connectivity index (χ2n) is 8.54. The topological polar surface area (TPSA) is 94.5 Å². The van der Waals surface area contributed by atoms with Gasteiger partial charge in [0.05, 0.1) is 23.9 Å². The first kappa shape index (κ1) is 21.9. The molecule has 1 saturated carbocycles. The highest BCUT2D eigenvalue weighted by molar-refractivity contribution is 6.32. The van der Waals surface area contributed by atoms with Crippen molar-refractivity contribution < 1.29 is 19.4 Å². The summed E-state index contributed by atoms with van der Waals surface area (Å²) in [5.41, 5.74) is 1.54. The number of guanidine groups is 1. The van der Waals surface area contributed by atoms with E-state index in [1.807, 2.05) is 18.0 Å². The number of nitrogens with zero attached hydrogens (tertiary/aromatic N) is 3. The molecule has 0 radical (unpaired) electrons. The third-order valence-corrected chi connectivity index (χ3v) is 6.58. The molecule has 9 heteroatoms. The lowest BCUT2D eigenvalue weighted by atomic mass is 10.1. The largest absolute Gasteiger partial charge is 0.492 e. The Morgan fingerprint density at radius 2 is 2.16 bits per heavy atom. The summed E-state index contributed by atoms with van der Waals surface area (Å²) in [5, 5.41) is 12.6. The minimum atomic E-state index is -0.640. The number of fused-ring (bicyclic) bond motifs is 2. The molecule has 2 heterocycles. The lowest BCUT2D eigenvalue weighted by Gasteiger charge is -2.27. The molecule has 2 N–H and O–H groups in total. The molecule has 1 aromatic rings. The summed E-state index contributed by atoms with van der Waals surface area (Å²) in [7, 11) is 1.88. The number of aliphatic hydroxyl groups excluding tert-OH is 1. The van der Waals surface area contributed by atoms with Crippen LogP contribution in [0, 0.1) is 5.92 Å². The summed E-state index contributed by atoms with van der Waals surface area (Å²) in [6.45, 7) is 1.39. The van der Waals surface area contributed by atoms with Gasteiger partial charge in [0.15, 0.2) is 0 Å². The number of benzene rings is 1. The third kappa shape index (κ3) is 4.80. The number of carbonyl (C=O) groups excluding carboxylic acids is 2. The molecular formula is C22H29ClN4O4. The number of hydrogen-bond acceptors (Lipinski definition) is 6. The minimum absolute atomic E-state index is 0.148. The zero-order valence-electron chi connectivity index (χ0n) is 17.8. The van der Waals surface area contributed by atoms with Gasteiger partial charge in [-0.1, -0.05) is 24.4 Å². The standard InChI is InChI=1S/C22H29ClN4O4/c1-26(11-14-5-2-3-6-14)20(29)7-4-8-31-19-9-15-12-27-18(13-28)21(30)25-22(27)24-17(15)10-16(19)23/h9-10,14,18,28H,2-8,11-13H2,1H3,(H,24,25,30). The van der Waals surface area contributed by atoms with E-state index in [1.54, 1.807) is 11.0 Å². The first-order chi connectivity index (χ1) is 15.0. The molecule has 2 amide bonds. The fourth-order valence-electron chi connectivity index (χ4n) is 4.52. The van der Waals surface area contributed by atoms with Crippen LogP contribution in [-0.4, -0.2) is 65.5 Å². The molecule has 168 valence electrons. The molecule has 1 aromatic carbocycles. The van der Waals surface area contributed by atoms with Crippen molar-refractivity contribution in [3.8, 4) is 5.75 Å². The molecule has 0 bridgehead atoms. The fourth-order valence-corrected chi connectivity index (χ4v) is 4.73. The highest BCUT2D eigenvalue weighted by Gasteiger charge is 2.38. The van der Waals surface area contributed by atoms with E-state index >= 15 is 0 Å². The lowest BCUT2D eigenvalue weighted by molar-refractivity contribution is -0.130. The van der Waals surface area contributed by atoms with E-state index in [0.29, 0.717) is 54.3 Å². The van der Waals surface area contributed by atoms with Gasteiger partial charge in [0.25, 0.3) is 5.91 Å². The molecule has 1 unspecified atom stereocenters. The maximum atomic E-state index is 12.4. The van der Waals surface area contributed by atoms with Crippen LogP contribution < -0.4 is 10.1 Å². The van der Waals surface area contributed by atoms with E-state index in [-0.39, 0.29) is 18.4 Å². The SMILES string of the molecule is CN(CC1CCCC1)C(=O)CCCOc1cc2c(cc1Cl)N=C1NC(=O)C(CO)N1C2. The maximum Gasteiger partial charge on any atom is 0.251 e. The van der Waals surface area contributed by atoms with E-state index in [2.05, 4.69) is 10.3 Å². The number of carbonyl (C=O) groups is 2. The summed E-state index contributed by atoms with van der Waals surface area (Å²) in [5.74, 6) is 1.50. The third-order valence-electron chi connectivity index (χ3n) is 6.28. The molecule has 0 aromatic heterocycles. The molecular weight excluding hydrogens is 420 g/mol. The Labute approximate surface area is 187 Å². The molecule has 2 fully saturated rings. The Morgan fingerprint density at radius 1 is 1.39 bits per heavy atom. The Morgan fingerprint density at radius 3 is 2.90 bits per heavy atom. The number of hydrogen-bond donors (Lipinski definition) is 2. The van der Waals surface area contributed by atoms with Crippen LogP contribution in [0.15, 0.2) is 17.1 Å². The van der Waals surface area contributed by atoms with E-state index in [0.717, 1.165) is 12.1 Å². The lowest BCUT2D eigenvalue weighted by Crippen LogP contribution is -2.39. The number of aliphatic imine (C=N–C) groups is 1. The highest BCUT2D eigenvalue weighted by Crippen LogP contribution is 2.37. The second kappa shape index (κ2) is 9.44. The van der Waals surface area contributed by atoms with Crippen LogP contribution in [0.3, 0.4) is 0 Å². The fraction of sp³-hybridized carbons (Fsp3) is 0.591. The number of halogens is 1. The van der Waals surface area contributed by atoms with Crippen molar-refractivity contribution >= 4 is 35.1 Å². The van der Waals surface area contributed by atoms with Crippen molar-refractivity contribution in [3.63, 3.8) is 0 Å². The molecule has 3 aliphatic rings. The summed E-state index contributed by atoms with van der Waals surface area (Å²) < 4.78 is 5.85. The molecule has 31 heavy (non-hydrogen) atoms. The zero-order valence-corrected chi connectivity index (χ0v) is 18.5. The number of rotatable bonds is 8. The van der Waals surface area contributed by atoms with Gasteiger partial charge in [-0.3, -0.25) is 14.9 Å². The van der Waals surface area contributed by atoms with Gasteiger partial charge < -0.3 is 19.6 Å². The molecule has 1 atom stereocenters. The van der Waals surface area contributed by atoms with Gasteiger partial charge in [0.2, 0.25) is 11.9 Å². The summed E-state index contributed by atoms with van der Waals surface area (Å²) in [6, 6.07) is 2.90. The van der Waals surface area contributed by atoms with Crippen LogP contribution in [0.25, 0.3) is 0 Å². The van der Waals surface area contributed by atoms with Gasteiger partial charge in [-0.25, -0.2) is 4.99 Å². The second-order valence-corrected chi connectivity index (χ2v) is 8.95. The van der Waals surface area contributed by atoms with Gasteiger partial charge in [-0.2, -0.15) is 0 Å². The van der Waals surface area contributed by atoms with Crippen LogP contribution in [0.1, 0.15) is 44.1 Å². The molecule has 1 saturated heterocycles. The number of aliphatic hydroxyl groups is 1. The summed E-state index contributed by atoms with van der Waals surface area (Å²) in [6.07, 6.45) is 6.06. The first-order valence-electron chi connectivity index (χ1n) is 10.9. The van der Waals surface area contributed by atoms with Crippen molar-refractivity contribution in [2.24, 2.45) is 10.9 Å². The molecule has 8 nitrogen and oxygen atoms in total. The van der Waals surface area contributed by atoms with E-state index in [1.165, 1.54) is 25.7 Å². The highest BCUT2D eigenvalue weighted by atomic mass is 35.5.